The van der Waals surface area contributed by atoms with E-state index in [9.17, 15) is 0 Å². The molecule has 2 N–H and O–H groups in total. The van der Waals surface area contributed by atoms with Gasteiger partial charge >= 0.3 is 0 Å². The summed E-state index contributed by atoms with van der Waals surface area (Å²) >= 11 is 0. The fraction of sp³-hybridized carbons (Fsp3) is 0.200. The van der Waals surface area contributed by atoms with Crippen molar-refractivity contribution in [1.29, 1.82) is 0 Å². The summed E-state index contributed by atoms with van der Waals surface area (Å²) in [7, 11) is 0. The molecule has 5 heteroatoms. The van der Waals surface area contributed by atoms with Gasteiger partial charge in [-0.25, -0.2) is 0 Å². The Morgan fingerprint density at radius 3 is 2.93 bits per heavy atom. The van der Waals surface area contributed by atoms with Crippen molar-refractivity contribution in [2.24, 2.45) is 5.73 Å². The summed E-state index contributed by atoms with van der Waals surface area (Å²) in [6.07, 6.45) is 1.27. The topological polar surface area (TPSA) is 74.2 Å². The average molecular weight is 205 g/mol. The molecule has 0 saturated carbocycles. The van der Waals surface area contributed by atoms with Crippen LogP contribution in [0.3, 0.4) is 0 Å². The van der Waals surface area contributed by atoms with Gasteiger partial charge in [-0.05, 0) is 6.07 Å². The second-order valence-corrected chi connectivity index (χ2v) is 2.95. The molecule has 0 spiro atoms. The Labute approximate surface area is 86.9 Å². The van der Waals surface area contributed by atoms with E-state index in [1.165, 1.54) is 6.39 Å². The number of nitrogens with two attached hydrogens (primary N) is 1. The third-order valence-electron chi connectivity index (χ3n) is 1.96. The Morgan fingerprint density at radius 2 is 2.20 bits per heavy atom. The molecule has 0 fully saturated rings. The fourth-order valence-electron chi connectivity index (χ4n) is 1.21. The average Bonchev–Trinajstić information content (AvgIpc) is 2.79. The van der Waals surface area contributed by atoms with E-state index < -0.39 is 0 Å². The van der Waals surface area contributed by atoms with E-state index in [1.807, 2.05) is 24.3 Å². The Morgan fingerprint density at radius 1 is 1.33 bits per heavy atom. The number of ether oxygens (including phenoxy) is 1. The first-order valence-corrected chi connectivity index (χ1v) is 4.56. The number of para-hydroxylation sites is 1. The smallest absolute Gasteiger partial charge is 0.213 e. The monoisotopic (exact) mass is 205 g/mol. The van der Waals surface area contributed by atoms with Gasteiger partial charge in [-0.3, -0.25) is 0 Å². The van der Waals surface area contributed by atoms with Crippen molar-refractivity contribution in [2.45, 2.75) is 13.2 Å². The van der Waals surface area contributed by atoms with Crippen LogP contribution >= 0.6 is 0 Å². The Hall–Kier alpha value is -1.88. The molecule has 0 unspecified atom stereocenters. The zero-order valence-electron chi connectivity index (χ0n) is 8.09. The van der Waals surface area contributed by atoms with E-state index in [0.717, 1.165) is 11.3 Å². The van der Waals surface area contributed by atoms with Crippen LogP contribution < -0.4 is 10.5 Å². The number of hydrogen-bond donors (Lipinski definition) is 1. The molecule has 0 amide bonds. The largest absolute Gasteiger partial charge is 0.485 e. The van der Waals surface area contributed by atoms with Crippen LogP contribution in [0.4, 0.5) is 0 Å². The Kier molecular flexibility index (Phi) is 2.94. The molecule has 1 heterocycles. The maximum Gasteiger partial charge on any atom is 0.213 e. The lowest BCUT2D eigenvalue weighted by atomic mass is 10.2. The van der Waals surface area contributed by atoms with Crippen LogP contribution in [-0.4, -0.2) is 10.1 Å². The van der Waals surface area contributed by atoms with Gasteiger partial charge in [-0.15, -0.1) is 0 Å². The van der Waals surface area contributed by atoms with Crippen LogP contribution in [0.2, 0.25) is 0 Å². The SMILES string of the molecule is NCc1ccccc1OCc1ncon1. The molecule has 78 valence electrons. The minimum atomic E-state index is 0.285. The molecule has 1 aromatic carbocycles. The zero-order valence-corrected chi connectivity index (χ0v) is 8.09. The Bertz CT molecular complexity index is 414. The second-order valence-electron chi connectivity index (χ2n) is 2.95. The number of nitrogens with zero attached hydrogens (tertiary/aromatic N) is 2. The zero-order chi connectivity index (χ0) is 10.5. The van der Waals surface area contributed by atoms with Crippen LogP contribution in [0.1, 0.15) is 11.4 Å². The molecule has 2 rings (SSSR count). The fourth-order valence-corrected chi connectivity index (χ4v) is 1.21. The predicted molar refractivity (Wildman–Crippen MR) is 53.0 cm³/mol. The number of rotatable bonds is 4. The normalized spacial score (nSPS) is 10.2. The van der Waals surface area contributed by atoms with Gasteiger partial charge in [0, 0.05) is 12.1 Å². The molecule has 0 aliphatic heterocycles. The highest BCUT2D eigenvalue weighted by Crippen LogP contribution is 2.17. The lowest BCUT2D eigenvalue weighted by Crippen LogP contribution is -2.03. The maximum absolute atomic E-state index is 5.57. The lowest BCUT2D eigenvalue weighted by molar-refractivity contribution is 0.284. The van der Waals surface area contributed by atoms with Crippen molar-refractivity contribution in [3.63, 3.8) is 0 Å². The molecule has 0 atom stereocenters. The van der Waals surface area contributed by atoms with Crippen LogP contribution in [0, 0.1) is 0 Å². The quantitative estimate of drug-likeness (QED) is 0.809. The van der Waals surface area contributed by atoms with E-state index in [1.54, 1.807) is 0 Å². The third-order valence-corrected chi connectivity index (χ3v) is 1.96. The highest BCUT2D eigenvalue weighted by Gasteiger charge is 2.03. The van der Waals surface area contributed by atoms with Crippen LogP contribution in [0.5, 0.6) is 5.75 Å². The van der Waals surface area contributed by atoms with Crippen LogP contribution in [-0.2, 0) is 13.2 Å². The highest BCUT2D eigenvalue weighted by molar-refractivity contribution is 5.32. The van der Waals surface area contributed by atoms with Gasteiger partial charge in [0.25, 0.3) is 0 Å². The molecular formula is C10H11N3O2. The summed E-state index contributed by atoms with van der Waals surface area (Å²) in [5.41, 5.74) is 6.53. The van der Waals surface area contributed by atoms with Gasteiger partial charge in [0.1, 0.15) is 5.75 Å². The van der Waals surface area contributed by atoms with Gasteiger partial charge in [0.2, 0.25) is 12.2 Å². The Balaban J connectivity index is 2.04. The predicted octanol–water partition coefficient (Wildman–Crippen LogP) is 1.11. The summed E-state index contributed by atoms with van der Waals surface area (Å²) in [5, 5.41) is 3.64. The first-order chi connectivity index (χ1) is 7.40. The molecule has 0 aliphatic rings. The summed E-state index contributed by atoms with van der Waals surface area (Å²) < 4.78 is 10.1. The van der Waals surface area contributed by atoms with Crippen molar-refractivity contribution >= 4 is 0 Å². The molecule has 5 nitrogen and oxygen atoms in total. The van der Waals surface area contributed by atoms with E-state index in [-0.39, 0.29) is 6.61 Å². The van der Waals surface area contributed by atoms with Crippen LogP contribution in [0.25, 0.3) is 0 Å². The van der Waals surface area contributed by atoms with Gasteiger partial charge in [-0.1, -0.05) is 23.4 Å². The molecule has 0 saturated heterocycles. The van der Waals surface area contributed by atoms with Crippen molar-refractivity contribution in [1.82, 2.24) is 10.1 Å². The number of aromatic nitrogens is 2. The van der Waals surface area contributed by atoms with Crippen molar-refractivity contribution in [3.8, 4) is 5.75 Å². The molecule has 0 aliphatic carbocycles. The molecule has 1 aromatic heterocycles. The molecule has 0 radical (unpaired) electrons. The molecular weight excluding hydrogens is 194 g/mol. The van der Waals surface area contributed by atoms with Gasteiger partial charge in [0.15, 0.2) is 6.61 Å². The van der Waals surface area contributed by atoms with Gasteiger partial charge in [-0.2, -0.15) is 4.98 Å². The van der Waals surface area contributed by atoms with E-state index in [0.29, 0.717) is 12.4 Å². The molecule has 15 heavy (non-hydrogen) atoms. The third kappa shape index (κ3) is 2.32. The van der Waals surface area contributed by atoms with Gasteiger partial charge < -0.3 is 15.0 Å². The summed E-state index contributed by atoms with van der Waals surface area (Å²) in [4.78, 5) is 3.85. The van der Waals surface area contributed by atoms with Crippen molar-refractivity contribution < 1.29 is 9.26 Å². The standard InChI is InChI=1S/C10H11N3O2/c11-5-8-3-1-2-4-9(8)14-6-10-12-7-15-13-10/h1-4,7H,5-6,11H2. The molecule has 2 aromatic rings. The van der Waals surface area contributed by atoms with E-state index in [2.05, 4.69) is 14.7 Å². The minimum Gasteiger partial charge on any atom is -0.485 e. The van der Waals surface area contributed by atoms with Crippen LogP contribution in [0.15, 0.2) is 35.2 Å². The number of benzene rings is 1. The van der Waals surface area contributed by atoms with Crippen molar-refractivity contribution in [3.05, 3.63) is 42.0 Å². The highest BCUT2D eigenvalue weighted by atomic mass is 16.5. The van der Waals surface area contributed by atoms with E-state index in [4.69, 9.17) is 10.5 Å². The first kappa shape index (κ1) is 9.67. The number of hydrogen-bond acceptors (Lipinski definition) is 5. The van der Waals surface area contributed by atoms with Gasteiger partial charge in [0.05, 0.1) is 0 Å². The minimum absolute atomic E-state index is 0.285. The molecule has 0 bridgehead atoms. The van der Waals surface area contributed by atoms with Crippen molar-refractivity contribution in [2.75, 3.05) is 0 Å². The van der Waals surface area contributed by atoms with E-state index >= 15 is 0 Å². The first-order valence-electron chi connectivity index (χ1n) is 4.56. The summed E-state index contributed by atoms with van der Waals surface area (Å²) in [6, 6.07) is 7.60. The lowest BCUT2D eigenvalue weighted by Gasteiger charge is -2.07. The maximum atomic E-state index is 5.57. The second kappa shape index (κ2) is 4.56. The summed E-state index contributed by atoms with van der Waals surface area (Å²) in [6.45, 7) is 0.732. The summed E-state index contributed by atoms with van der Waals surface area (Å²) in [5.74, 6) is 1.27.